The minimum atomic E-state index is -1.15. The number of rotatable bonds is 9. The zero-order valence-corrected chi connectivity index (χ0v) is 19.3. The second-order valence-electron chi connectivity index (χ2n) is 10.6. The van der Waals surface area contributed by atoms with Gasteiger partial charge in [0.15, 0.2) is 0 Å². The van der Waals surface area contributed by atoms with Crippen molar-refractivity contribution in [3.05, 3.63) is 71.8 Å². The van der Waals surface area contributed by atoms with Crippen LogP contribution in [0.5, 0.6) is 0 Å². The molecule has 0 spiro atoms. The highest BCUT2D eigenvalue weighted by Crippen LogP contribution is 2.52. The first-order valence-corrected chi connectivity index (χ1v) is 12.5. The highest BCUT2D eigenvalue weighted by Gasteiger charge is 2.55. The van der Waals surface area contributed by atoms with Crippen molar-refractivity contribution in [1.82, 2.24) is 9.80 Å². The third kappa shape index (κ3) is 4.38. The van der Waals surface area contributed by atoms with E-state index in [0.29, 0.717) is 6.54 Å². The summed E-state index contributed by atoms with van der Waals surface area (Å²) in [4.78, 5) is 4.85. The summed E-state index contributed by atoms with van der Waals surface area (Å²) >= 11 is 0. The minimum Gasteiger partial charge on any atom is -0.388 e. The third-order valence-electron chi connectivity index (χ3n) is 8.42. The molecule has 0 radical (unpaired) electrons. The maximum atomic E-state index is 11.8. The number of aliphatic hydroxyl groups excluding tert-OH is 1. The average molecular weight is 435 g/mol. The zero-order valence-electron chi connectivity index (χ0n) is 19.3. The van der Waals surface area contributed by atoms with Crippen molar-refractivity contribution in [1.29, 1.82) is 0 Å². The fraction of sp³-hybridized carbons (Fsp3) is 0.571. The van der Waals surface area contributed by atoms with Gasteiger partial charge in [-0.2, -0.15) is 0 Å². The van der Waals surface area contributed by atoms with E-state index in [2.05, 4.69) is 47.2 Å². The van der Waals surface area contributed by atoms with Gasteiger partial charge in [0.1, 0.15) is 5.60 Å². The van der Waals surface area contributed by atoms with Gasteiger partial charge in [0.2, 0.25) is 0 Å². The zero-order chi connectivity index (χ0) is 22.1. The van der Waals surface area contributed by atoms with E-state index in [0.717, 1.165) is 62.1 Å². The van der Waals surface area contributed by atoms with Crippen LogP contribution >= 0.6 is 0 Å². The summed E-state index contributed by atoms with van der Waals surface area (Å²) in [7, 11) is 2.11. The first-order valence-electron chi connectivity index (χ1n) is 12.5. The number of nitrogens with zero attached hydrogens (tertiary/aromatic N) is 2. The van der Waals surface area contributed by atoms with E-state index in [-0.39, 0.29) is 5.92 Å². The van der Waals surface area contributed by atoms with Crippen LogP contribution in [0.15, 0.2) is 60.7 Å². The molecule has 2 aliphatic carbocycles. The molecular formula is C28H38N2O2. The van der Waals surface area contributed by atoms with E-state index >= 15 is 0 Å². The summed E-state index contributed by atoms with van der Waals surface area (Å²) in [6.07, 6.45) is 3.51. The Morgan fingerprint density at radius 1 is 0.969 bits per heavy atom. The van der Waals surface area contributed by atoms with Gasteiger partial charge in [0.25, 0.3) is 0 Å². The van der Waals surface area contributed by atoms with E-state index in [9.17, 15) is 10.2 Å². The molecule has 172 valence electrons. The highest BCUT2D eigenvalue weighted by molar-refractivity contribution is 5.25. The fourth-order valence-electron chi connectivity index (χ4n) is 6.62. The predicted octanol–water partition coefficient (Wildman–Crippen LogP) is 3.74. The van der Waals surface area contributed by atoms with Crippen LogP contribution in [-0.4, -0.2) is 59.3 Å². The number of likely N-dealkylation sites (N-methyl/N-ethyl adjacent to an activating group) is 1. The number of likely N-dealkylation sites (tertiary alicyclic amines) is 1. The Morgan fingerprint density at radius 2 is 1.56 bits per heavy atom. The van der Waals surface area contributed by atoms with Gasteiger partial charge in [-0.05, 0) is 54.7 Å². The summed E-state index contributed by atoms with van der Waals surface area (Å²) in [5.41, 5.74) is 1.11. The van der Waals surface area contributed by atoms with E-state index in [1.165, 1.54) is 18.7 Å². The second-order valence-corrected chi connectivity index (χ2v) is 10.6. The van der Waals surface area contributed by atoms with Crippen LogP contribution in [0.4, 0.5) is 0 Å². The molecular weight excluding hydrogens is 396 g/mol. The summed E-state index contributed by atoms with van der Waals surface area (Å²) in [6, 6.07) is 20.6. The topological polar surface area (TPSA) is 46.9 Å². The number of hydrogen-bond donors (Lipinski definition) is 2. The summed E-state index contributed by atoms with van der Waals surface area (Å²) < 4.78 is 0. The normalized spacial score (nSPS) is 28.6. The van der Waals surface area contributed by atoms with Gasteiger partial charge >= 0.3 is 0 Å². The van der Waals surface area contributed by atoms with Gasteiger partial charge in [0, 0.05) is 32.7 Å². The summed E-state index contributed by atoms with van der Waals surface area (Å²) in [5, 5.41) is 23.1. The van der Waals surface area contributed by atoms with E-state index in [1.54, 1.807) is 0 Å². The monoisotopic (exact) mass is 434 g/mol. The van der Waals surface area contributed by atoms with Crippen LogP contribution in [0.2, 0.25) is 0 Å². The molecule has 2 aromatic carbocycles. The molecule has 32 heavy (non-hydrogen) atoms. The number of benzene rings is 2. The molecule has 1 aliphatic heterocycles. The maximum absolute atomic E-state index is 11.8. The van der Waals surface area contributed by atoms with Crippen molar-refractivity contribution in [2.75, 3.05) is 33.2 Å². The first-order chi connectivity index (χ1) is 15.6. The van der Waals surface area contributed by atoms with Crippen molar-refractivity contribution in [2.45, 2.75) is 43.9 Å². The SMILES string of the molecule is CN(CC1C2CN(Cc3ccccc3)CC12)CC(O)C(O)(c1ccccc1)C1CCCC1. The number of piperidine rings is 1. The molecule has 3 fully saturated rings. The molecule has 4 unspecified atom stereocenters. The molecule has 3 aliphatic rings. The quantitative estimate of drug-likeness (QED) is 0.631. The van der Waals surface area contributed by atoms with E-state index < -0.39 is 11.7 Å². The third-order valence-corrected chi connectivity index (χ3v) is 8.42. The fourth-order valence-corrected chi connectivity index (χ4v) is 6.62. The smallest absolute Gasteiger partial charge is 0.119 e. The Bertz CT molecular complexity index is 858. The van der Waals surface area contributed by atoms with Crippen molar-refractivity contribution in [2.24, 2.45) is 23.7 Å². The van der Waals surface area contributed by atoms with Crippen LogP contribution < -0.4 is 0 Å². The molecule has 2 aromatic rings. The number of hydrogen-bond acceptors (Lipinski definition) is 4. The summed E-state index contributed by atoms with van der Waals surface area (Å²) in [5.74, 6) is 2.46. The Balaban J connectivity index is 1.15. The van der Waals surface area contributed by atoms with E-state index in [4.69, 9.17) is 0 Å². The van der Waals surface area contributed by atoms with Crippen molar-refractivity contribution in [3.8, 4) is 0 Å². The first kappa shape index (κ1) is 22.1. The Kier molecular flexibility index (Phi) is 6.39. The van der Waals surface area contributed by atoms with Crippen LogP contribution in [0.3, 0.4) is 0 Å². The van der Waals surface area contributed by atoms with Crippen molar-refractivity contribution in [3.63, 3.8) is 0 Å². The van der Waals surface area contributed by atoms with Crippen molar-refractivity contribution >= 4 is 0 Å². The number of aliphatic hydroxyl groups is 2. The lowest BCUT2D eigenvalue weighted by molar-refractivity contribution is -0.127. The Morgan fingerprint density at radius 3 is 2.19 bits per heavy atom. The lowest BCUT2D eigenvalue weighted by Gasteiger charge is -2.40. The minimum absolute atomic E-state index is 0.139. The van der Waals surface area contributed by atoms with Gasteiger partial charge in [-0.15, -0.1) is 0 Å². The van der Waals surface area contributed by atoms with Crippen molar-refractivity contribution < 1.29 is 10.2 Å². The molecule has 4 heteroatoms. The molecule has 0 amide bonds. The average Bonchev–Trinajstić information content (AvgIpc) is 3.22. The van der Waals surface area contributed by atoms with Crippen LogP contribution in [0, 0.1) is 23.7 Å². The molecule has 2 N–H and O–H groups in total. The molecule has 4 nitrogen and oxygen atoms in total. The van der Waals surface area contributed by atoms with E-state index in [1.807, 2.05) is 30.3 Å². The highest BCUT2D eigenvalue weighted by atomic mass is 16.3. The van der Waals surface area contributed by atoms with Gasteiger partial charge in [-0.25, -0.2) is 0 Å². The van der Waals surface area contributed by atoms with Gasteiger partial charge in [-0.3, -0.25) is 4.90 Å². The molecule has 1 saturated heterocycles. The molecule has 2 saturated carbocycles. The predicted molar refractivity (Wildman–Crippen MR) is 128 cm³/mol. The standard InChI is InChI=1S/C28H38N2O2/c1-29(17-24-25-18-30(19-26(24)25)16-21-10-4-2-5-11-21)20-27(31)28(32,23-14-8-9-15-23)22-12-6-3-7-13-22/h2-7,10-13,23-27,31-32H,8-9,14-20H2,1H3. The van der Waals surface area contributed by atoms with Crippen LogP contribution in [-0.2, 0) is 12.1 Å². The van der Waals surface area contributed by atoms with Crippen LogP contribution in [0.1, 0.15) is 36.8 Å². The lowest BCUT2D eigenvalue weighted by atomic mass is 9.76. The second kappa shape index (κ2) is 9.26. The van der Waals surface area contributed by atoms with Crippen LogP contribution in [0.25, 0.3) is 0 Å². The molecule has 1 heterocycles. The molecule has 0 bridgehead atoms. The Hall–Kier alpha value is -1.72. The molecule has 5 rings (SSSR count). The summed E-state index contributed by atoms with van der Waals surface area (Å²) in [6.45, 7) is 4.97. The van der Waals surface area contributed by atoms with Gasteiger partial charge < -0.3 is 15.1 Å². The molecule has 0 aromatic heterocycles. The lowest BCUT2D eigenvalue weighted by Crippen LogP contribution is -2.50. The maximum Gasteiger partial charge on any atom is 0.119 e. The largest absolute Gasteiger partial charge is 0.388 e. The van der Waals surface area contributed by atoms with Gasteiger partial charge in [-0.1, -0.05) is 73.5 Å². The Labute approximate surface area is 192 Å². The molecule has 4 atom stereocenters. The number of fused-ring (bicyclic) bond motifs is 1. The van der Waals surface area contributed by atoms with Gasteiger partial charge in [0.05, 0.1) is 6.10 Å².